The third-order valence-corrected chi connectivity index (χ3v) is 11.4. The van der Waals surface area contributed by atoms with Gasteiger partial charge in [0.1, 0.15) is 4.90 Å². The van der Waals surface area contributed by atoms with E-state index >= 15 is 0 Å². The van der Waals surface area contributed by atoms with Crippen molar-refractivity contribution in [2.45, 2.75) is 33.4 Å². The number of hydrogen-bond donors (Lipinski definition) is 7. The summed E-state index contributed by atoms with van der Waals surface area (Å²) in [6.45, 7) is 3.36. The number of fused-ring (bicyclic) bond motifs is 1. The average molecular weight is 886 g/mol. The Morgan fingerprint density at radius 2 is 0.966 bits per heavy atom. The predicted molar refractivity (Wildman–Crippen MR) is 208 cm³/mol. The van der Waals surface area contributed by atoms with E-state index in [0.717, 1.165) is 18.2 Å². The summed E-state index contributed by atoms with van der Waals surface area (Å²) < 4.78 is 132. The third kappa shape index (κ3) is 10.4. The lowest BCUT2D eigenvalue weighted by atomic mass is 10.1. The molecule has 1 heterocycles. The fourth-order valence-corrected chi connectivity index (χ4v) is 7.78. The second kappa shape index (κ2) is 15.8. The van der Waals surface area contributed by atoms with Gasteiger partial charge in [-0.1, -0.05) is 6.07 Å². The molecule has 1 aromatic heterocycles. The van der Waals surface area contributed by atoms with Crippen LogP contribution >= 0.6 is 0 Å². The second-order valence-electron chi connectivity index (χ2n) is 12.3. The number of benzene rings is 5. The molecule has 0 saturated heterocycles. The van der Waals surface area contributed by atoms with Gasteiger partial charge < -0.3 is 15.7 Å². The highest BCUT2D eigenvalue weighted by atomic mass is 32.2. The van der Waals surface area contributed by atoms with Crippen LogP contribution in [0, 0.1) is 13.8 Å². The van der Waals surface area contributed by atoms with Crippen molar-refractivity contribution in [3.05, 3.63) is 96.1 Å². The van der Waals surface area contributed by atoms with E-state index in [1.165, 1.54) is 30.3 Å². The molecule has 0 bridgehead atoms. The first-order valence-electron chi connectivity index (χ1n) is 16.1. The minimum Gasteiger partial charge on any atom is -0.479 e. The molecule has 0 aliphatic carbocycles. The average Bonchev–Trinajstić information content (AvgIpc) is 3.12. The van der Waals surface area contributed by atoms with E-state index in [1.807, 2.05) is 0 Å². The number of rotatable bonds is 12. The van der Waals surface area contributed by atoms with Crippen LogP contribution in [0.3, 0.4) is 0 Å². The van der Waals surface area contributed by atoms with E-state index in [1.54, 1.807) is 38.1 Å². The predicted octanol–water partition coefficient (Wildman–Crippen LogP) is 6.65. The van der Waals surface area contributed by atoms with Crippen LogP contribution in [0.2, 0.25) is 0 Å². The van der Waals surface area contributed by atoms with Gasteiger partial charge in [0.2, 0.25) is 11.9 Å². The van der Waals surface area contributed by atoms with E-state index in [9.17, 15) is 57.0 Å². The van der Waals surface area contributed by atoms with Crippen molar-refractivity contribution >= 4 is 97.3 Å². The lowest BCUT2D eigenvalue weighted by Crippen LogP contribution is -2.04. The Morgan fingerprint density at radius 3 is 1.42 bits per heavy atom. The summed E-state index contributed by atoms with van der Waals surface area (Å²) >= 11 is 0. The Balaban J connectivity index is 1.17. The van der Waals surface area contributed by atoms with Crippen LogP contribution in [0.25, 0.3) is 10.8 Å². The van der Waals surface area contributed by atoms with Crippen LogP contribution in [-0.2, 0) is 40.5 Å². The number of aromatic hydroxyl groups is 1. The van der Waals surface area contributed by atoms with Crippen molar-refractivity contribution in [1.29, 1.82) is 0 Å². The van der Waals surface area contributed by atoms with Gasteiger partial charge >= 0.3 is 6.01 Å². The Morgan fingerprint density at radius 1 is 0.492 bits per heavy atom. The molecular weight excluding hydrogens is 859 g/mol. The summed E-state index contributed by atoms with van der Waals surface area (Å²) in [5, 5.41) is 32.3. The van der Waals surface area contributed by atoms with Gasteiger partial charge in [0.15, 0.2) is 0 Å². The molecule has 59 heavy (non-hydrogen) atoms. The van der Waals surface area contributed by atoms with Crippen molar-refractivity contribution in [1.82, 2.24) is 15.0 Å². The molecule has 306 valence electrons. The summed E-state index contributed by atoms with van der Waals surface area (Å²) in [5.41, 5.74) is 2.52. The van der Waals surface area contributed by atoms with Gasteiger partial charge in [-0.15, -0.1) is 0 Å². The van der Waals surface area contributed by atoms with Crippen LogP contribution in [0.4, 0.5) is 46.0 Å². The highest BCUT2D eigenvalue weighted by molar-refractivity contribution is 7.87. The summed E-state index contributed by atoms with van der Waals surface area (Å²) in [7, 11) is -19.4. The molecule has 5 aromatic carbocycles. The molecule has 26 heteroatoms. The molecule has 0 radical (unpaired) electrons. The van der Waals surface area contributed by atoms with Crippen molar-refractivity contribution < 1.29 is 57.0 Å². The Bertz CT molecular complexity index is 3170. The van der Waals surface area contributed by atoms with Crippen molar-refractivity contribution in [3.8, 4) is 6.01 Å². The van der Waals surface area contributed by atoms with Crippen LogP contribution < -0.4 is 10.6 Å². The smallest absolute Gasteiger partial charge is 0.320 e. The zero-order valence-corrected chi connectivity index (χ0v) is 33.1. The monoisotopic (exact) mass is 885 g/mol. The Kier molecular flexibility index (Phi) is 11.3. The van der Waals surface area contributed by atoms with E-state index in [-0.39, 0.29) is 39.7 Å². The van der Waals surface area contributed by atoms with Gasteiger partial charge in [0, 0.05) is 16.8 Å². The fourth-order valence-electron chi connectivity index (χ4n) is 5.27. The molecule has 6 rings (SSSR count). The maximum atomic E-state index is 12.0. The van der Waals surface area contributed by atoms with Crippen LogP contribution in [0.15, 0.2) is 125 Å². The number of anilines is 4. The van der Waals surface area contributed by atoms with Crippen LogP contribution in [-0.4, -0.2) is 71.9 Å². The molecular formula is C33H27N9O13S4. The molecule has 6 aromatic rings. The first-order chi connectivity index (χ1) is 27.4. The summed E-state index contributed by atoms with van der Waals surface area (Å²) in [4.78, 5) is 8.91. The van der Waals surface area contributed by atoms with Crippen LogP contribution in [0.1, 0.15) is 11.1 Å². The van der Waals surface area contributed by atoms with E-state index in [0.29, 0.717) is 40.3 Å². The van der Waals surface area contributed by atoms with Crippen molar-refractivity contribution in [3.63, 3.8) is 0 Å². The van der Waals surface area contributed by atoms with Gasteiger partial charge in [-0.05, 0) is 109 Å². The number of azo groups is 2. The highest BCUT2D eigenvalue weighted by Gasteiger charge is 2.21. The Labute approximate surface area is 334 Å². The molecule has 0 amide bonds. The second-order valence-corrected chi connectivity index (χ2v) is 18.0. The SMILES string of the molecule is Cc1cc(Nc2nc(O)nc(Nc3ccc(N=Nc4ccc5cc(S(=O)(=O)O)cc(S(=O)(=O)O)c5c4)c(C)c3)n2)ccc1N=Nc1cc(S(=O)(=O)O)cc(S(=O)(=O)O)c1. The number of hydrogen-bond acceptors (Lipinski definition) is 18. The lowest BCUT2D eigenvalue weighted by molar-refractivity contribution is 0.430. The molecule has 22 nitrogen and oxygen atoms in total. The van der Waals surface area contributed by atoms with Crippen LogP contribution in [0.5, 0.6) is 6.01 Å². The number of aryl methyl sites for hydroxylation is 2. The molecule has 7 N–H and O–H groups in total. The lowest BCUT2D eigenvalue weighted by Gasteiger charge is -2.10. The first-order valence-corrected chi connectivity index (χ1v) is 21.9. The summed E-state index contributed by atoms with van der Waals surface area (Å²) in [6.07, 6.45) is 0. The number of aromatic nitrogens is 3. The fraction of sp³-hybridized carbons (Fsp3) is 0.0606. The minimum absolute atomic E-state index is 0.0599. The summed E-state index contributed by atoms with van der Waals surface area (Å²) in [6, 6.07) is 16.8. The van der Waals surface area contributed by atoms with Gasteiger partial charge in [-0.2, -0.15) is 69.1 Å². The number of nitrogens with one attached hydrogen (secondary N) is 2. The zero-order valence-electron chi connectivity index (χ0n) is 29.8. The standard InChI is InChI=1S/C33H27N9O13S4/c1-17-9-20(5-7-28(17)41-39-22-4-3-19-11-24(56(44,45)46)16-30(27(19)14-22)59(53,54)55)34-31-36-32(38-33(43)37-31)35-21-6-8-29(18(2)10-21)42-40-23-12-25(57(47,48)49)15-26(13-23)58(50,51)52/h3-16H,1-2H3,(H,44,45,46)(H,47,48,49)(H,50,51,52)(H,53,54,55)(H3,34,35,36,37,38,43). The largest absolute Gasteiger partial charge is 0.479 e. The maximum absolute atomic E-state index is 12.0. The topological polar surface area (TPSA) is 350 Å². The molecule has 0 spiro atoms. The Hall–Kier alpha value is -6.39. The molecule has 0 unspecified atom stereocenters. The van der Waals surface area contributed by atoms with Gasteiger partial charge in [0.05, 0.1) is 37.4 Å². The van der Waals surface area contributed by atoms with Gasteiger partial charge in [0.25, 0.3) is 40.5 Å². The van der Waals surface area contributed by atoms with E-state index in [4.69, 9.17) is 0 Å². The van der Waals surface area contributed by atoms with Gasteiger partial charge in [-0.25, -0.2) is 0 Å². The quantitative estimate of drug-likeness (QED) is 0.0499. The molecule has 0 aliphatic rings. The molecule has 0 saturated carbocycles. The van der Waals surface area contributed by atoms with Crippen molar-refractivity contribution in [2.75, 3.05) is 10.6 Å². The zero-order chi connectivity index (χ0) is 43.1. The molecule has 0 aliphatic heterocycles. The van der Waals surface area contributed by atoms with Gasteiger partial charge in [-0.3, -0.25) is 18.2 Å². The van der Waals surface area contributed by atoms with Crippen molar-refractivity contribution in [2.24, 2.45) is 20.5 Å². The maximum Gasteiger partial charge on any atom is 0.320 e. The normalized spacial score (nSPS) is 12.7. The molecule has 0 fully saturated rings. The van der Waals surface area contributed by atoms with E-state index < -0.39 is 66.1 Å². The minimum atomic E-state index is -4.91. The number of nitrogens with zero attached hydrogens (tertiary/aromatic N) is 7. The van der Waals surface area contributed by atoms with E-state index in [2.05, 4.69) is 46.0 Å². The highest BCUT2D eigenvalue weighted by Crippen LogP contribution is 2.33. The molecule has 0 atom stereocenters. The summed E-state index contributed by atoms with van der Waals surface area (Å²) in [5.74, 6) is -0.132. The third-order valence-electron chi connectivity index (χ3n) is 7.99. The first kappa shape index (κ1) is 42.2.